The number of fused-ring (bicyclic) bond motifs is 13. The quantitative estimate of drug-likeness (QED) is 0.131. The molecule has 0 N–H and O–H groups in total. The molecule has 0 atom stereocenters. The average Bonchev–Trinajstić information content (AvgIpc) is 4.15. The van der Waals surface area contributed by atoms with E-state index in [1.54, 1.807) is 11.3 Å². The van der Waals surface area contributed by atoms with E-state index < -0.39 is 0 Å². The van der Waals surface area contributed by atoms with Crippen molar-refractivity contribution in [2.45, 2.75) is 0 Å². The first-order valence-electron chi connectivity index (χ1n) is 22.5. The summed E-state index contributed by atoms with van der Waals surface area (Å²) in [5.74, 6) is 0. The smallest absolute Gasteiger partial charge is 0.220 e. The predicted molar refractivity (Wildman–Crippen MR) is 281 cm³/mol. The largest absolute Gasteiger partial charge is 0.456 e. The number of nitriles is 1. The molecule has 15 aromatic rings. The second-order valence-electron chi connectivity index (χ2n) is 17.5. The van der Waals surface area contributed by atoms with E-state index in [1.807, 2.05) is 72.9 Å². The normalized spacial score (nSPS) is 12.1. The first-order chi connectivity index (χ1) is 33.7. The molecule has 0 aliphatic heterocycles. The van der Waals surface area contributed by atoms with Crippen LogP contribution >= 0.6 is 11.3 Å². The molecule has 312 valence electrons. The highest BCUT2D eigenvalue weighted by Gasteiger charge is 2.33. The maximum Gasteiger partial charge on any atom is 0.220 e. The van der Waals surface area contributed by atoms with Crippen molar-refractivity contribution in [3.05, 3.63) is 205 Å². The minimum Gasteiger partial charge on any atom is -0.456 e. The molecule has 0 saturated carbocycles. The molecule has 7 heteroatoms. The standard InChI is InChI=1S/C61H31N5OS/c1-63-57-52(34-15-4-2-5-16-34)45(33-62)58(53(35-17-6-3-7-18-35)60(57)65-46-24-12-21-38-39-23-14-30-64-56(39)42-22-13-25-47(65)55(42)54(38)46)66-48-32-50-44(36-19-8-10-26-49(36)67-50)31-43(48)40-28-29-41-37-20-9-11-27-51(37)68-61(41)59(40)66/h2-32H. The molecule has 0 radical (unpaired) electrons. The number of para-hydroxylation sites is 1. The summed E-state index contributed by atoms with van der Waals surface area (Å²) in [6.07, 6.45) is 1.86. The Morgan fingerprint density at radius 3 is 1.96 bits per heavy atom. The topological polar surface area (TPSA) is 64.0 Å². The number of furan rings is 1. The third-order valence-corrected chi connectivity index (χ3v) is 15.4. The summed E-state index contributed by atoms with van der Waals surface area (Å²) in [6.45, 7) is 9.32. The van der Waals surface area contributed by atoms with Crippen LogP contribution in [0.25, 0.3) is 146 Å². The van der Waals surface area contributed by atoms with Crippen molar-refractivity contribution in [2.75, 3.05) is 0 Å². The van der Waals surface area contributed by atoms with Crippen molar-refractivity contribution in [1.82, 2.24) is 14.1 Å². The Bertz CT molecular complexity index is 4660. The van der Waals surface area contributed by atoms with Gasteiger partial charge in [0.15, 0.2) is 0 Å². The zero-order valence-corrected chi connectivity index (χ0v) is 36.8. The van der Waals surface area contributed by atoms with E-state index in [2.05, 4.69) is 135 Å². The number of aromatic nitrogens is 3. The van der Waals surface area contributed by atoms with Gasteiger partial charge in [-0.25, -0.2) is 4.85 Å². The third kappa shape index (κ3) is 4.74. The van der Waals surface area contributed by atoms with Gasteiger partial charge >= 0.3 is 0 Å². The van der Waals surface area contributed by atoms with Gasteiger partial charge in [0.05, 0.1) is 55.8 Å². The molecule has 6 nitrogen and oxygen atoms in total. The zero-order valence-electron chi connectivity index (χ0n) is 36.0. The van der Waals surface area contributed by atoms with Gasteiger partial charge in [0.25, 0.3) is 0 Å². The fraction of sp³-hybridized carbons (Fsp3) is 0. The van der Waals surface area contributed by atoms with Gasteiger partial charge in [-0.1, -0.05) is 140 Å². The highest BCUT2D eigenvalue weighted by Crippen LogP contribution is 2.54. The average molecular weight is 882 g/mol. The van der Waals surface area contributed by atoms with E-state index in [9.17, 15) is 11.8 Å². The molecular weight excluding hydrogens is 851 g/mol. The summed E-state index contributed by atoms with van der Waals surface area (Å²) in [5, 5.41) is 24.0. The monoisotopic (exact) mass is 881 g/mol. The minimum atomic E-state index is 0.396. The van der Waals surface area contributed by atoms with Gasteiger partial charge in [-0.2, -0.15) is 5.26 Å². The van der Waals surface area contributed by atoms with Crippen LogP contribution in [0.4, 0.5) is 5.69 Å². The molecule has 0 amide bonds. The van der Waals surface area contributed by atoms with Gasteiger partial charge in [0.2, 0.25) is 5.69 Å². The number of benzene rings is 10. The molecule has 0 fully saturated rings. The lowest BCUT2D eigenvalue weighted by atomic mass is 9.88. The maximum atomic E-state index is 12.0. The molecule has 0 spiro atoms. The Kier molecular flexibility index (Phi) is 7.42. The summed E-state index contributed by atoms with van der Waals surface area (Å²) >= 11 is 1.77. The number of pyridine rings is 1. The lowest BCUT2D eigenvalue weighted by Crippen LogP contribution is -2.08. The summed E-state index contributed by atoms with van der Waals surface area (Å²) < 4.78 is 13.6. The van der Waals surface area contributed by atoms with E-state index in [-0.39, 0.29) is 0 Å². The summed E-state index contributed by atoms with van der Waals surface area (Å²) in [7, 11) is 0. The third-order valence-electron chi connectivity index (χ3n) is 14.2. The Morgan fingerprint density at radius 2 is 1.18 bits per heavy atom. The van der Waals surface area contributed by atoms with E-state index in [0.29, 0.717) is 28.2 Å². The van der Waals surface area contributed by atoms with Crippen molar-refractivity contribution in [2.24, 2.45) is 0 Å². The lowest BCUT2D eigenvalue weighted by molar-refractivity contribution is 0.669. The highest BCUT2D eigenvalue weighted by molar-refractivity contribution is 7.26. The number of thiophene rings is 1. The van der Waals surface area contributed by atoms with Gasteiger partial charge in [-0.15, -0.1) is 11.3 Å². The summed E-state index contributed by atoms with van der Waals surface area (Å²) in [4.78, 5) is 9.51. The molecule has 0 bridgehead atoms. The zero-order chi connectivity index (χ0) is 44.8. The van der Waals surface area contributed by atoms with Gasteiger partial charge in [-0.3, -0.25) is 4.98 Å². The molecule has 15 rings (SSSR count). The first-order valence-corrected chi connectivity index (χ1v) is 23.4. The number of rotatable bonds is 4. The predicted octanol–water partition coefficient (Wildman–Crippen LogP) is 17.0. The molecule has 68 heavy (non-hydrogen) atoms. The summed E-state index contributed by atoms with van der Waals surface area (Å²) in [5.41, 5.74) is 11.6. The molecule has 10 aromatic carbocycles. The Morgan fingerprint density at radius 1 is 0.515 bits per heavy atom. The van der Waals surface area contributed by atoms with E-state index in [0.717, 1.165) is 114 Å². The van der Waals surface area contributed by atoms with Crippen LogP contribution in [-0.4, -0.2) is 14.1 Å². The maximum absolute atomic E-state index is 12.0. The molecular formula is C61H31N5OS. The van der Waals surface area contributed by atoms with Gasteiger partial charge in [0, 0.05) is 82.0 Å². The van der Waals surface area contributed by atoms with Crippen molar-refractivity contribution in [3.8, 4) is 39.7 Å². The molecule has 5 heterocycles. The number of hydrogen-bond donors (Lipinski definition) is 0. The van der Waals surface area contributed by atoms with Crippen LogP contribution in [-0.2, 0) is 0 Å². The minimum absolute atomic E-state index is 0.396. The van der Waals surface area contributed by atoms with Crippen LogP contribution in [0, 0.1) is 17.9 Å². The van der Waals surface area contributed by atoms with Crippen LogP contribution in [0.1, 0.15) is 5.56 Å². The molecule has 0 saturated heterocycles. The molecule has 0 aliphatic rings. The number of nitrogens with zero attached hydrogens (tertiary/aromatic N) is 5. The van der Waals surface area contributed by atoms with Crippen LogP contribution in [0.5, 0.6) is 0 Å². The second kappa shape index (κ2) is 13.6. The van der Waals surface area contributed by atoms with E-state index in [1.165, 1.54) is 10.1 Å². The Balaban J connectivity index is 1.24. The highest BCUT2D eigenvalue weighted by atomic mass is 32.1. The van der Waals surface area contributed by atoms with Crippen LogP contribution in [0.15, 0.2) is 193 Å². The fourth-order valence-electron chi connectivity index (χ4n) is 11.5. The van der Waals surface area contributed by atoms with Crippen LogP contribution in [0.2, 0.25) is 0 Å². The number of hydrogen-bond acceptors (Lipinski definition) is 4. The Hall–Kier alpha value is -9.27. The molecule has 0 aliphatic carbocycles. The van der Waals surface area contributed by atoms with Gasteiger partial charge in [0.1, 0.15) is 17.2 Å². The first kappa shape index (κ1) is 37.0. The molecule has 0 unspecified atom stereocenters. The molecule has 5 aromatic heterocycles. The van der Waals surface area contributed by atoms with Crippen LogP contribution < -0.4 is 0 Å². The second-order valence-corrected chi connectivity index (χ2v) is 18.5. The van der Waals surface area contributed by atoms with Crippen molar-refractivity contribution in [3.63, 3.8) is 0 Å². The lowest BCUT2D eigenvalue weighted by Gasteiger charge is -2.25. The summed E-state index contributed by atoms with van der Waals surface area (Å²) in [6, 6.07) is 65.9. The van der Waals surface area contributed by atoms with E-state index in [4.69, 9.17) is 9.40 Å². The fourth-order valence-corrected chi connectivity index (χ4v) is 12.7. The van der Waals surface area contributed by atoms with Crippen molar-refractivity contribution >= 4 is 124 Å². The van der Waals surface area contributed by atoms with Crippen LogP contribution in [0.3, 0.4) is 0 Å². The Labute approximate surface area is 391 Å². The van der Waals surface area contributed by atoms with Gasteiger partial charge < -0.3 is 13.6 Å². The van der Waals surface area contributed by atoms with Gasteiger partial charge in [-0.05, 0) is 52.9 Å². The van der Waals surface area contributed by atoms with Crippen molar-refractivity contribution < 1.29 is 4.42 Å². The van der Waals surface area contributed by atoms with E-state index >= 15 is 0 Å². The SMILES string of the molecule is [C-]#[N+]c1c(-c2ccccc2)c(C#N)c(-n2c3cc4oc5ccccc5c4cc3c3ccc4c5ccccc5sc4c32)c(-c2ccccc2)c1-n1c2cccc3c4cccnc4c4cccc1c4c32. The van der Waals surface area contributed by atoms with Crippen molar-refractivity contribution in [1.29, 1.82) is 5.26 Å².